The van der Waals surface area contributed by atoms with Crippen molar-refractivity contribution >= 4 is 21.6 Å². The summed E-state index contributed by atoms with van der Waals surface area (Å²) < 4.78 is 23.1. The molecule has 1 atom stereocenters. The molecule has 1 amide bonds. The summed E-state index contributed by atoms with van der Waals surface area (Å²) in [7, 11) is -3.82. The number of amides is 1. The van der Waals surface area contributed by atoms with E-state index in [4.69, 9.17) is 5.14 Å². The van der Waals surface area contributed by atoms with Crippen LogP contribution in [0.3, 0.4) is 0 Å². The molecule has 2 rings (SSSR count). The highest BCUT2D eigenvalue weighted by atomic mass is 32.2. The van der Waals surface area contributed by atoms with E-state index in [0.717, 1.165) is 16.7 Å². The van der Waals surface area contributed by atoms with Crippen LogP contribution < -0.4 is 10.5 Å². The van der Waals surface area contributed by atoms with Crippen molar-refractivity contribution in [3.05, 3.63) is 59.2 Å². The number of nitrogens with one attached hydrogen (secondary N) is 1. The van der Waals surface area contributed by atoms with Gasteiger partial charge in [0.1, 0.15) is 0 Å². The van der Waals surface area contributed by atoms with Gasteiger partial charge in [-0.05, 0) is 48.6 Å². The van der Waals surface area contributed by atoms with E-state index in [1.54, 1.807) is 6.92 Å². The minimum atomic E-state index is -3.82. The molecule has 3 N–H and O–H groups in total. The molecule has 0 aliphatic heterocycles. The third-order valence-corrected chi connectivity index (χ3v) is 5.00. The Morgan fingerprint density at radius 3 is 2.38 bits per heavy atom. The molecule has 0 radical (unpaired) electrons. The van der Waals surface area contributed by atoms with E-state index in [9.17, 15) is 13.2 Å². The van der Waals surface area contributed by atoms with Crippen molar-refractivity contribution in [1.29, 1.82) is 0 Å². The Labute approximate surface area is 142 Å². The third-order valence-electron chi connectivity index (χ3n) is 4.10. The van der Waals surface area contributed by atoms with Crippen LogP contribution in [0.2, 0.25) is 0 Å². The zero-order valence-corrected chi connectivity index (χ0v) is 14.9. The van der Waals surface area contributed by atoms with Gasteiger partial charge in [0.15, 0.2) is 0 Å². The van der Waals surface area contributed by atoms with Gasteiger partial charge < -0.3 is 5.32 Å². The molecule has 0 aliphatic rings. The number of aryl methyl sites for hydroxylation is 1. The van der Waals surface area contributed by atoms with Crippen LogP contribution in [-0.2, 0) is 14.8 Å². The summed E-state index contributed by atoms with van der Waals surface area (Å²) in [4.78, 5) is 12.3. The topological polar surface area (TPSA) is 89.3 Å². The average molecular weight is 346 g/mol. The van der Waals surface area contributed by atoms with E-state index >= 15 is 0 Å². The average Bonchev–Trinajstić information content (AvgIpc) is 2.51. The first-order chi connectivity index (χ1) is 11.2. The number of rotatable bonds is 5. The highest BCUT2D eigenvalue weighted by Crippen LogP contribution is 2.25. The van der Waals surface area contributed by atoms with Gasteiger partial charge in [0.05, 0.1) is 4.90 Å². The molecular formula is C18H22N2O3S. The van der Waals surface area contributed by atoms with Gasteiger partial charge in [0, 0.05) is 12.1 Å². The molecule has 1 unspecified atom stereocenters. The zero-order chi connectivity index (χ0) is 17.9. The predicted octanol–water partition coefficient (Wildman–Crippen LogP) is 3.08. The second kappa shape index (κ2) is 7.15. The summed E-state index contributed by atoms with van der Waals surface area (Å²) in [5, 5.41) is 8.00. The van der Waals surface area contributed by atoms with E-state index in [-0.39, 0.29) is 16.7 Å². The van der Waals surface area contributed by atoms with Crippen molar-refractivity contribution in [2.24, 2.45) is 5.14 Å². The maximum absolute atomic E-state index is 12.3. The Balaban J connectivity index is 2.18. The van der Waals surface area contributed by atoms with E-state index in [1.807, 2.05) is 44.2 Å². The van der Waals surface area contributed by atoms with E-state index in [1.165, 1.54) is 12.1 Å². The monoisotopic (exact) mass is 346 g/mol. The first-order valence-electron chi connectivity index (χ1n) is 7.67. The number of nitrogens with two attached hydrogens (primary N) is 1. The number of carbonyl (C=O) groups excluding carboxylic acids is 1. The van der Waals surface area contributed by atoms with Crippen LogP contribution in [0.15, 0.2) is 47.4 Å². The fourth-order valence-corrected chi connectivity index (χ4v) is 3.12. The molecule has 2 aromatic carbocycles. The summed E-state index contributed by atoms with van der Waals surface area (Å²) >= 11 is 0. The lowest BCUT2D eigenvalue weighted by Crippen LogP contribution is -2.17. The minimum absolute atomic E-state index is 0.00277. The first-order valence-corrected chi connectivity index (χ1v) is 9.22. The van der Waals surface area contributed by atoms with Crippen LogP contribution in [0.1, 0.15) is 36.0 Å². The van der Waals surface area contributed by atoms with Crippen molar-refractivity contribution < 1.29 is 13.2 Å². The first kappa shape index (κ1) is 18.2. The normalized spacial score (nSPS) is 12.7. The molecule has 0 bridgehead atoms. The molecule has 0 aromatic heterocycles. The number of sulfonamides is 1. The van der Waals surface area contributed by atoms with E-state index < -0.39 is 10.0 Å². The number of hydrogen-bond acceptors (Lipinski definition) is 3. The maximum Gasteiger partial charge on any atom is 0.238 e. The Morgan fingerprint density at radius 1 is 1.17 bits per heavy atom. The molecular weight excluding hydrogens is 324 g/mol. The number of anilines is 1. The van der Waals surface area contributed by atoms with Gasteiger partial charge in [-0.1, -0.05) is 37.3 Å². The Morgan fingerprint density at radius 2 is 1.79 bits per heavy atom. The SMILES string of the molecule is Cc1cc(S(N)(=O)=O)cc(NC(=O)CC(C)c2ccccc2)c1C. The lowest BCUT2D eigenvalue weighted by Gasteiger charge is -2.15. The highest BCUT2D eigenvalue weighted by Gasteiger charge is 2.16. The van der Waals surface area contributed by atoms with Crippen LogP contribution in [0.5, 0.6) is 0 Å². The van der Waals surface area contributed by atoms with Gasteiger partial charge in [-0.15, -0.1) is 0 Å². The second-order valence-corrected chi connectivity index (χ2v) is 7.58. The van der Waals surface area contributed by atoms with Crippen LogP contribution in [0.4, 0.5) is 5.69 Å². The Hall–Kier alpha value is -2.18. The maximum atomic E-state index is 12.3. The van der Waals surface area contributed by atoms with Crippen molar-refractivity contribution in [3.63, 3.8) is 0 Å². The molecule has 0 heterocycles. The van der Waals surface area contributed by atoms with E-state index in [2.05, 4.69) is 5.32 Å². The fourth-order valence-electron chi connectivity index (χ4n) is 2.50. The molecule has 5 nitrogen and oxygen atoms in total. The zero-order valence-electron chi connectivity index (χ0n) is 14.0. The second-order valence-electron chi connectivity index (χ2n) is 6.02. The minimum Gasteiger partial charge on any atom is -0.326 e. The molecule has 0 aliphatic carbocycles. The quantitative estimate of drug-likeness (QED) is 0.872. The Kier molecular flexibility index (Phi) is 5.41. The molecule has 0 spiro atoms. The largest absolute Gasteiger partial charge is 0.326 e. The van der Waals surface area contributed by atoms with Gasteiger partial charge in [0.2, 0.25) is 15.9 Å². The molecule has 2 aromatic rings. The number of hydrogen-bond donors (Lipinski definition) is 2. The number of primary sulfonamides is 1. The van der Waals surface area contributed by atoms with Crippen molar-refractivity contribution in [2.45, 2.75) is 38.0 Å². The van der Waals surface area contributed by atoms with Crippen molar-refractivity contribution in [1.82, 2.24) is 0 Å². The lowest BCUT2D eigenvalue weighted by molar-refractivity contribution is -0.116. The molecule has 0 saturated heterocycles. The fraction of sp³-hybridized carbons (Fsp3) is 0.278. The van der Waals surface area contributed by atoms with Crippen LogP contribution >= 0.6 is 0 Å². The smallest absolute Gasteiger partial charge is 0.238 e. The standard InChI is InChI=1S/C18H22N2O3S/c1-12-9-16(24(19,22)23)11-17(14(12)3)20-18(21)10-13(2)15-7-5-4-6-8-15/h4-9,11,13H,10H2,1-3H3,(H,20,21)(H2,19,22,23). The van der Waals surface area contributed by atoms with Crippen LogP contribution in [0.25, 0.3) is 0 Å². The van der Waals surface area contributed by atoms with Crippen molar-refractivity contribution in [3.8, 4) is 0 Å². The third kappa shape index (κ3) is 4.43. The summed E-state index contributed by atoms with van der Waals surface area (Å²) in [5.41, 5.74) is 3.14. The molecule has 0 fully saturated rings. The summed E-state index contributed by atoms with van der Waals surface area (Å²) in [5.74, 6) is -0.102. The van der Waals surface area contributed by atoms with Crippen LogP contribution in [-0.4, -0.2) is 14.3 Å². The van der Waals surface area contributed by atoms with Crippen molar-refractivity contribution in [2.75, 3.05) is 5.32 Å². The summed E-state index contributed by atoms with van der Waals surface area (Å²) in [6.07, 6.45) is 0.308. The summed E-state index contributed by atoms with van der Waals surface area (Å²) in [6.45, 7) is 5.60. The number of benzene rings is 2. The highest BCUT2D eigenvalue weighted by molar-refractivity contribution is 7.89. The molecule has 24 heavy (non-hydrogen) atoms. The van der Waals surface area contributed by atoms with Gasteiger partial charge in [-0.25, -0.2) is 13.6 Å². The van der Waals surface area contributed by atoms with Gasteiger partial charge in [0.25, 0.3) is 0 Å². The molecule has 6 heteroatoms. The van der Waals surface area contributed by atoms with Gasteiger partial charge >= 0.3 is 0 Å². The molecule has 128 valence electrons. The number of carbonyl (C=O) groups is 1. The van der Waals surface area contributed by atoms with Gasteiger partial charge in [-0.2, -0.15) is 0 Å². The summed E-state index contributed by atoms with van der Waals surface area (Å²) in [6, 6.07) is 12.7. The Bertz CT molecular complexity index is 846. The van der Waals surface area contributed by atoms with Crippen LogP contribution in [0, 0.1) is 13.8 Å². The lowest BCUT2D eigenvalue weighted by atomic mass is 9.97. The van der Waals surface area contributed by atoms with Gasteiger partial charge in [-0.3, -0.25) is 4.79 Å². The van der Waals surface area contributed by atoms with E-state index in [0.29, 0.717) is 12.1 Å². The predicted molar refractivity (Wildman–Crippen MR) is 95.4 cm³/mol. The molecule has 0 saturated carbocycles.